The first kappa shape index (κ1) is 23.6. The molecule has 3 rings (SSSR count). The van der Waals surface area contributed by atoms with E-state index in [1.807, 2.05) is 20.8 Å². The van der Waals surface area contributed by atoms with Gasteiger partial charge < -0.3 is 10.1 Å². The summed E-state index contributed by atoms with van der Waals surface area (Å²) in [6.07, 6.45) is 0.286. The predicted molar refractivity (Wildman–Crippen MR) is 127 cm³/mol. The van der Waals surface area contributed by atoms with Gasteiger partial charge in [-0.15, -0.1) is 0 Å². The van der Waals surface area contributed by atoms with Gasteiger partial charge in [-0.2, -0.15) is 5.10 Å². The Morgan fingerprint density at radius 1 is 1.03 bits per heavy atom. The van der Waals surface area contributed by atoms with Crippen molar-refractivity contribution in [1.29, 1.82) is 0 Å². The van der Waals surface area contributed by atoms with E-state index in [9.17, 15) is 9.59 Å². The molecule has 2 aromatic carbocycles. The summed E-state index contributed by atoms with van der Waals surface area (Å²) in [5, 5.41) is 10.8. The van der Waals surface area contributed by atoms with E-state index in [4.69, 9.17) is 27.9 Å². The number of hydrogen-bond acceptors (Lipinski definition) is 4. The number of ether oxygens (including phenoxy) is 1. The zero-order valence-electron chi connectivity index (χ0n) is 18.2. The minimum absolute atomic E-state index is 0.249. The van der Waals surface area contributed by atoms with Crippen LogP contribution in [0.5, 0.6) is 5.75 Å². The first-order valence-corrected chi connectivity index (χ1v) is 10.8. The van der Waals surface area contributed by atoms with Crippen LogP contribution in [-0.4, -0.2) is 21.8 Å². The van der Waals surface area contributed by atoms with Crippen molar-refractivity contribution in [2.24, 2.45) is 0 Å². The van der Waals surface area contributed by atoms with Gasteiger partial charge in [0.05, 0.1) is 27.1 Å². The molecule has 32 heavy (non-hydrogen) atoms. The lowest BCUT2D eigenvalue weighted by Gasteiger charge is -2.14. The molecule has 2 N–H and O–H groups in total. The molecule has 0 radical (unpaired) electrons. The van der Waals surface area contributed by atoms with Crippen LogP contribution in [0.4, 0.5) is 16.3 Å². The van der Waals surface area contributed by atoms with E-state index in [1.165, 1.54) is 0 Å². The summed E-state index contributed by atoms with van der Waals surface area (Å²) in [4.78, 5) is 24.2. The maximum Gasteiger partial charge on any atom is 0.324 e. The highest BCUT2D eigenvalue weighted by Gasteiger charge is 2.22. The van der Waals surface area contributed by atoms with Gasteiger partial charge in [0.15, 0.2) is 0 Å². The molecule has 1 heterocycles. The fourth-order valence-electron chi connectivity index (χ4n) is 2.77. The number of hydrogen-bond donors (Lipinski definition) is 2. The molecular weight excluding hydrogens is 451 g/mol. The van der Waals surface area contributed by atoms with Crippen molar-refractivity contribution in [3.05, 3.63) is 64.3 Å². The highest BCUT2D eigenvalue weighted by atomic mass is 35.5. The van der Waals surface area contributed by atoms with Crippen LogP contribution in [0.2, 0.25) is 10.0 Å². The van der Waals surface area contributed by atoms with Crippen LogP contribution in [0, 0.1) is 0 Å². The average Bonchev–Trinajstić information content (AvgIpc) is 3.15. The molecule has 7 nitrogen and oxygen atoms in total. The molecule has 0 atom stereocenters. The van der Waals surface area contributed by atoms with E-state index in [2.05, 4.69) is 15.7 Å². The fourth-order valence-corrected chi connectivity index (χ4v) is 3.26. The molecular formula is C23H24Cl2N4O3. The standard InChI is InChI=1S/C23H24Cl2N4O3/c1-5-20(30)32-15-11-9-14(10-12-15)29-19(13-18(28-29)23(2,3)4)26-22(31)27-21-16(24)7-6-8-17(21)25/h6-13H,5H2,1-4H3,(H2,26,27,31). The third-order valence-electron chi connectivity index (χ3n) is 4.52. The molecule has 0 bridgehead atoms. The lowest BCUT2D eigenvalue weighted by atomic mass is 9.92. The third kappa shape index (κ3) is 5.60. The number of carbonyl (C=O) groups excluding carboxylic acids is 2. The first-order chi connectivity index (χ1) is 15.1. The number of amides is 2. The number of nitrogens with zero attached hydrogens (tertiary/aromatic N) is 2. The van der Waals surface area contributed by atoms with E-state index < -0.39 is 6.03 Å². The summed E-state index contributed by atoms with van der Waals surface area (Å²) in [6, 6.07) is 13.1. The topological polar surface area (TPSA) is 85.2 Å². The maximum absolute atomic E-state index is 12.7. The number of urea groups is 1. The molecule has 0 unspecified atom stereocenters. The second-order valence-corrected chi connectivity index (χ2v) is 8.89. The number of rotatable bonds is 5. The van der Waals surface area contributed by atoms with Crippen molar-refractivity contribution in [2.75, 3.05) is 10.6 Å². The van der Waals surface area contributed by atoms with Crippen LogP contribution in [0.15, 0.2) is 48.5 Å². The molecule has 2 amide bonds. The zero-order chi connectivity index (χ0) is 23.5. The minimum atomic E-state index is -0.518. The van der Waals surface area contributed by atoms with Gasteiger partial charge in [0.2, 0.25) is 0 Å². The molecule has 0 aliphatic rings. The summed E-state index contributed by atoms with van der Waals surface area (Å²) in [5.41, 5.74) is 1.53. The van der Waals surface area contributed by atoms with Crippen LogP contribution in [0.3, 0.4) is 0 Å². The van der Waals surface area contributed by atoms with Crippen molar-refractivity contribution >= 4 is 46.7 Å². The van der Waals surface area contributed by atoms with E-state index in [0.29, 0.717) is 33.0 Å². The highest BCUT2D eigenvalue weighted by Crippen LogP contribution is 2.31. The second kappa shape index (κ2) is 9.63. The van der Waals surface area contributed by atoms with Crippen molar-refractivity contribution in [1.82, 2.24) is 9.78 Å². The third-order valence-corrected chi connectivity index (χ3v) is 5.15. The number of carbonyl (C=O) groups is 2. The largest absolute Gasteiger partial charge is 0.427 e. The predicted octanol–water partition coefficient (Wildman–Crippen LogP) is 6.44. The number of anilines is 2. The Morgan fingerprint density at radius 3 is 2.22 bits per heavy atom. The monoisotopic (exact) mass is 474 g/mol. The Bertz CT molecular complexity index is 1110. The minimum Gasteiger partial charge on any atom is -0.427 e. The summed E-state index contributed by atoms with van der Waals surface area (Å²) >= 11 is 12.3. The highest BCUT2D eigenvalue weighted by molar-refractivity contribution is 6.39. The number of halogens is 2. The quantitative estimate of drug-likeness (QED) is 0.329. The Morgan fingerprint density at radius 2 is 1.66 bits per heavy atom. The van der Waals surface area contributed by atoms with E-state index in [0.717, 1.165) is 5.69 Å². The number of para-hydroxylation sites is 1. The Kier molecular flexibility index (Phi) is 7.11. The van der Waals surface area contributed by atoms with Gasteiger partial charge >= 0.3 is 12.0 Å². The fraction of sp³-hybridized carbons (Fsp3) is 0.261. The van der Waals surface area contributed by atoms with Gasteiger partial charge in [-0.25, -0.2) is 9.48 Å². The Balaban J connectivity index is 1.89. The lowest BCUT2D eigenvalue weighted by Crippen LogP contribution is -2.21. The summed E-state index contributed by atoms with van der Waals surface area (Å²) in [7, 11) is 0. The van der Waals surface area contributed by atoms with Crippen LogP contribution in [0.1, 0.15) is 39.8 Å². The lowest BCUT2D eigenvalue weighted by molar-refractivity contribution is -0.134. The van der Waals surface area contributed by atoms with E-state index in [1.54, 1.807) is 60.1 Å². The zero-order valence-corrected chi connectivity index (χ0v) is 19.7. The normalized spacial score (nSPS) is 11.2. The molecule has 0 saturated carbocycles. The molecule has 1 aromatic heterocycles. The second-order valence-electron chi connectivity index (χ2n) is 8.07. The van der Waals surface area contributed by atoms with Crippen LogP contribution in [-0.2, 0) is 10.2 Å². The van der Waals surface area contributed by atoms with Crippen molar-refractivity contribution < 1.29 is 14.3 Å². The van der Waals surface area contributed by atoms with E-state index in [-0.39, 0.29) is 17.8 Å². The van der Waals surface area contributed by atoms with Gasteiger partial charge in [0, 0.05) is 17.9 Å². The molecule has 0 saturated heterocycles. The Hall–Kier alpha value is -3.03. The number of aromatic nitrogens is 2. The van der Waals surface area contributed by atoms with Crippen molar-refractivity contribution in [3.63, 3.8) is 0 Å². The average molecular weight is 475 g/mol. The van der Waals surface area contributed by atoms with Gasteiger partial charge in [0.1, 0.15) is 11.6 Å². The van der Waals surface area contributed by atoms with Gasteiger partial charge in [-0.3, -0.25) is 10.1 Å². The molecule has 0 fully saturated rings. The molecule has 168 valence electrons. The van der Waals surface area contributed by atoms with E-state index >= 15 is 0 Å². The maximum atomic E-state index is 12.7. The SMILES string of the molecule is CCC(=O)Oc1ccc(-n2nc(C(C)(C)C)cc2NC(=O)Nc2c(Cl)cccc2Cl)cc1. The summed E-state index contributed by atoms with van der Waals surface area (Å²) in [5.74, 6) is 0.572. The smallest absolute Gasteiger partial charge is 0.324 e. The van der Waals surface area contributed by atoms with Crippen molar-refractivity contribution in [2.45, 2.75) is 39.5 Å². The number of esters is 1. The van der Waals surface area contributed by atoms with Crippen LogP contribution >= 0.6 is 23.2 Å². The molecule has 0 aliphatic carbocycles. The van der Waals surface area contributed by atoms with Crippen LogP contribution < -0.4 is 15.4 Å². The molecule has 3 aromatic rings. The Labute approximate surface area is 196 Å². The van der Waals surface area contributed by atoms with Crippen molar-refractivity contribution in [3.8, 4) is 11.4 Å². The van der Waals surface area contributed by atoms with Crippen LogP contribution in [0.25, 0.3) is 5.69 Å². The molecule has 9 heteroatoms. The molecule has 0 spiro atoms. The van der Waals surface area contributed by atoms with Gasteiger partial charge in [-0.05, 0) is 36.4 Å². The number of nitrogens with one attached hydrogen (secondary N) is 2. The molecule has 0 aliphatic heterocycles. The van der Waals surface area contributed by atoms with Gasteiger partial charge in [0.25, 0.3) is 0 Å². The van der Waals surface area contributed by atoms with Gasteiger partial charge in [-0.1, -0.05) is 57.0 Å². The summed E-state index contributed by atoms with van der Waals surface area (Å²) in [6.45, 7) is 7.81. The number of benzene rings is 2. The first-order valence-electron chi connectivity index (χ1n) is 10.0. The summed E-state index contributed by atoms with van der Waals surface area (Å²) < 4.78 is 6.84.